The molecule has 3 aromatic rings. The SMILES string of the molecule is CC(c1ccccc1)c1nccn1CCc1n[nH]c(=O)[nH]1. The Hall–Kier alpha value is -2.63. The second-order valence-electron chi connectivity index (χ2n) is 4.99. The highest BCUT2D eigenvalue weighted by molar-refractivity contribution is 5.24. The molecule has 0 fully saturated rings. The van der Waals surface area contributed by atoms with E-state index in [0.717, 1.165) is 12.4 Å². The topological polar surface area (TPSA) is 79.4 Å². The Balaban J connectivity index is 1.76. The monoisotopic (exact) mass is 283 g/mol. The molecule has 0 aliphatic carbocycles. The summed E-state index contributed by atoms with van der Waals surface area (Å²) in [6.45, 7) is 2.87. The van der Waals surface area contributed by atoms with E-state index in [1.165, 1.54) is 5.56 Å². The van der Waals surface area contributed by atoms with Crippen molar-refractivity contribution in [2.75, 3.05) is 0 Å². The summed E-state index contributed by atoms with van der Waals surface area (Å²) in [7, 11) is 0. The van der Waals surface area contributed by atoms with Crippen LogP contribution in [-0.4, -0.2) is 24.7 Å². The van der Waals surface area contributed by atoms with E-state index in [4.69, 9.17) is 0 Å². The van der Waals surface area contributed by atoms with Gasteiger partial charge >= 0.3 is 5.69 Å². The molecular formula is C15H17N5O. The number of nitrogens with one attached hydrogen (secondary N) is 2. The minimum absolute atomic E-state index is 0.222. The molecule has 6 nitrogen and oxygen atoms in total. The highest BCUT2D eigenvalue weighted by Gasteiger charge is 2.14. The molecule has 108 valence electrons. The molecule has 3 rings (SSSR count). The van der Waals surface area contributed by atoms with E-state index in [-0.39, 0.29) is 11.6 Å². The number of imidazole rings is 1. The van der Waals surface area contributed by atoms with Gasteiger partial charge in [0.2, 0.25) is 0 Å². The number of hydrogen-bond acceptors (Lipinski definition) is 3. The third-order valence-electron chi connectivity index (χ3n) is 3.57. The molecule has 0 spiro atoms. The smallest absolute Gasteiger partial charge is 0.334 e. The van der Waals surface area contributed by atoms with Crippen LogP contribution in [0.2, 0.25) is 0 Å². The maximum absolute atomic E-state index is 11.0. The molecule has 1 unspecified atom stereocenters. The van der Waals surface area contributed by atoms with Crippen LogP contribution in [0.15, 0.2) is 47.5 Å². The maximum atomic E-state index is 11.0. The third-order valence-corrected chi connectivity index (χ3v) is 3.57. The molecule has 6 heteroatoms. The number of H-pyrrole nitrogens is 2. The highest BCUT2D eigenvalue weighted by Crippen LogP contribution is 2.22. The minimum atomic E-state index is -0.270. The van der Waals surface area contributed by atoms with Crippen molar-refractivity contribution in [3.63, 3.8) is 0 Å². The average molecular weight is 283 g/mol. The molecular weight excluding hydrogens is 266 g/mol. The summed E-state index contributed by atoms with van der Waals surface area (Å²) in [6.07, 6.45) is 4.42. The number of aromatic amines is 2. The van der Waals surface area contributed by atoms with Gasteiger partial charge in [0.1, 0.15) is 11.6 Å². The van der Waals surface area contributed by atoms with Crippen molar-refractivity contribution in [1.82, 2.24) is 24.7 Å². The summed E-state index contributed by atoms with van der Waals surface area (Å²) in [4.78, 5) is 18.2. The standard InChI is InChI=1S/C15H17N5O/c1-11(12-5-3-2-4-6-12)14-16-8-10-20(14)9-7-13-17-15(21)19-18-13/h2-6,8,10-11H,7,9H2,1H3,(H2,17,18,19,21). The van der Waals surface area contributed by atoms with Crippen molar-refractivity contribution in [1.29, 1.82) is 0 Å². The Bertz CT molecular complexity index is 755. The van der Waals surface area contributed by atoms with Crippen LogP contribution in [0.1, 0.15) is 30.1 Å². The third kappa shape index (κ3) is 2.94. The van der Waals surface area contributed by atoms with Gasteiger partial charge in [-0.1, -0.05) is 37.3 Å². The second kappa shape index (κ2) is 5.78. The first-order valence-corrected chi connectivity index (χ1v) is 6.93. The van der Waals surface area contributed by atoms with Crippen molar-refractivity contribution in [2.45, 2.75) is 25.8 Å². The number of rotatable bonds is 5. The van der Waals surface area contributed by atoms with E-state index in [1.54, 1.807) is 0 Å². The summed E-state index contributed by atoms with van der Waals surface area (Å²) in [5, 5.41) is 6.30. The van der Waals surface area contributed by atoms with E-state index in [2.05, 4.69) is 43.8 Å². The lowest BCUT2D eigenvalue weighted by Gasteiger charge is -2.14. The summed E-state index contributed by atoms with van der Waals surface area (Å²) < 4.78 is 2.10. The van der Waals surface area contributed by atoms with Crippen molar-refractivity contribution in [2.24, 2.45) is 0 Å². The van der Waals surface area contributed by atoms with Gasteiger partial charge in [-0.15, -0.1) is 0 Å². The zero-order valence-electron chi connectivity index (χ0n) is 11.8. The normalized spacial score (nSPS) is 12.4. The molecule has 0 bridgehead atoms. The Morgan fingerprint density at radius 1 is 1.29 bits per heavy atom. The molecule has 0 saturated carbocycles. The Labute approximate surface area is 121 Å². The molecule has 21 heavy (non-hydrogen) atoms. The first-order chi connectivity index (χ1) is 10.2. The zero-order valence-corrected chi connectivity index (χ0v) is 11.8. The summed E-state index contributed by atoms with van der Waals surface area (Å²) >= 11 is 0. The molecule has 0 aliphatic heterocycles. The molecule has 1 atom stereocenters. The Morgan fingerprint density at radius 3 is 2.81 bits per heavy atom. The Kier molecular flexibility index (Phi) is 3.68. The van der Waals surface area contributed by atoms with Gasteiger partial charge < -0.3 is 4.57 Å². The number of hydrogen-bond donors (Lipinski definition) is 2. The van der Waals surface area contributed by atoms with Crippen LogP contribution >= 0.6 is 0 Å². The molecule has 1 aromatic carbocycles. The number of benzene rings is 1. The first-order valence-electron chi connectivity index (χ1n) is 6.93. The van der Waals surface area contributed by atoms with E-state index >= 15 is 0 Å². The predicted octanol–water partition coefficient (Wildman–Crippen LogP) is 1.69. The van der Waals surface area contributed by atoms with Crippen LogP contribution < -0.4 is 5.69 Å². The number of aromatic nitrogens is 5. The van der Waals surface area contributed by atoms with Gasteiger partial charge in [-0.3, -0.25) is 4.98 Å². The average Bonchev–Trinajstić information content (AvgIpc) is 3.14. The fourth-order valence-corrected chi connectivity index (χ4v) is 2.43. The van der Waals surface area contributed by atoms with E-state index in [9.17, 15) is 4.79 Å². The zero-order chi connectivity index (χ0) is 14.7. The largest absolute Gasteiger partial charge is 0.340 e. The lowest BCUT2D eigenvalue weighted by atomic mass is 10.0. The van der Waals surface area contributed by atoms with Gasteiger partial charge in [0.05, 0.1) is 0 Å². The maximum Gasteiger partial charge on any atom is 0.340 e. The predicted molar refractivity (Wildman–Crippen MR) is 79.1 cm³/mol. The van der Waals surface area contributed by atoms with Crippen LogP contribution in [-0.2, 0) is 13.0 Å². The number of nitrogens with zero attached hydrogens (tertiary/aromatic N) is 3. The molecule has 0 amide bonds. The van der Waals surface area contributed by atoms with Gasteiger partial charge in [-0.05, 0) is 5.56 Å². The van der Waals surface area contributed by atoms with Crippen molar-refractivity contribution in [3.8, 4) is 0 Å². The van der Waals surface area contributed by atoms with Gasteiger partial charge in [0.15, 0.2) is 0 Å². The molecule has 2 heterocycles. The minimum Gasteiger partial charge on any atom is -0.334 e. The summed E-state index contributed by atoms with van der Waals surface area (Å²) in [6, 6.07) is 10.3. The Morgan fingerprint density at radius 2 is 2.10 bits per heavy atom. The lowest BCUT2D eigenvalue weighted by molar-refractivity contribution is 0.619. The molecule has 0 saturated heterocycles. The van der Waals surface area contributed by atoms with Gasteiger partial charge in [0, 0.05) is 31.3 Å². The van der Waals surface area contributed by atoms with Crippen LogP contribution in [0.25, 0.3) is 0 Å². The molecule has 0 radical (unpaired) electrons. The van der Waals surface area contributed by atoms with E-state index in [0.29, 0.717) is 12.2 Å². The second-order valence-corrected chi connectivity index (χ2v) is 4.99. The first kappa shape index (κ1) is 13.4. The molecule has 0 aliphatic rings. The number of aryl methyl sites for hydroxylation is 2. The summed E-state index contributed by atoms with van der Waals surface area (Å²) in [5.41, 5.74) is 0.964. The fraction of sp³-hybridized carbons (Fsp3) is 0.267. The fourth-order valence-electron chi connectivity index (χ4n) is 2.43. The quantitative estimate of drug-likeness (QED) is 0.748. The van der Waals surface area contributed by atoms with Crippen molar-refractivity contribution >= 4 is 0 Å². The molecule has 2 N–H and O–H groups in total. The van der Waals surface area contributed by atoms with E-state index < -0.39 is 0 Å². The highest BCUT2D eigenvalue weighted by atomic mass is 16.1. The summed E-state index contributed by atoms with van der Waals surface area (Å²) in [5.74, 6) is 1.89. The van der Waals surface area contributed by atoms with Gasteiger partial charge in [0.25, 0.3) is 0 Å². The molecule has 2 aromatic heterocycles. The van der Waals surface area contributed by atoms with Crippen molar-refractivity contribution in [3.05, 3.63) is 70.4 Å². The van der Waals surface area contributed by atoms with Gasteiger partial charge in [-0.2, -0.15) is 5.10 Å². The van der Waals surface area contributed by atoms with Gasteiger partial charge in [-0.25, -0.2) is 14.9 Å². The van der Waals surface area contributed by atoms with Crippen LogP contribution in [0.4, 0.5) is 0 Å². The van der Waals surface area contributed by atoms with Crippen LogP contribution in [0.5, 0.6) is 0 Å². The van der Waals surface area contributed by atoms with Crippen LogP contribution in [0.3, 0.4) is 0 Å². The lowest BCUT2D eigenvalue weighted by Crippen LogP contribution is -2.10. The van der Waals surface area contributed by atoms with Crippen molar-refractivity contribution < 1.29 is 0 Å². The van der Waals surface area contributed by atoms with E-state index in [1.807, 2.05) is 30.6 Å². The van der Waals surface area contributed by atoms with Crippen LogP contribution in [0, 0.1) is 0 Å².